The zero-order valence-corrected chi connectivity index (χ0v) is 10.5. The monoisotopic (exact) mass is 254 g/mol. The molecule has 2 rings (SSSR count). The van der Waals surface area contributed by atoms with Gasteiger partial charge in [0.25, 0.3) is 0 Å². The van der Waals surface area contributed by atoms with Gasteiger partial charge in [0.1, 0.15) is 5.82 Å². The average Bonchev–Trinajstić information content (AvgIpc) is 2.74. The van der Waals surface area contributed by atoms with Crippen molar-refractivity contribution in [1.82, 2.24) is 0 Å². The van der Waals surface area contributed by atoms with Crippen LogP contribution in [0, 0.1) is 12.7 Å². The van der Waals surface area contributed by atoms with Gasteiger partial charge in [-0.05, 0) is 24.4 Å². The van der Waals surface area contributed by atoms with Crippen molar-refractivity contribution in [2.75, 3.05) is 0 Å². The van der Waals surface area contributed by atoms with Gasteiger partial charge in [0.15, 0.2) is 0 Å². The molecule has 0 spiro atoms. The molecule has 84 valence electrons. The highest BCUT2D eigenvalue weighted by Crippen LogP contribution is 2.29. The highest BCUT2D eigenvalue weighted by molar-refractivity contribution is 7.09. The van der Waals surface area contributed by atoms with E-state index in [9.17, 15) is 4.39 Å². The highest BCUT2D eigenvalue weighted by Gasteiger charge is 2.14. The summed E-state index contributed by atoms with van der Waals surface area (Å²) in [7, 11) is 0. The smallest absolute Gasteiger partial charge is 0.127 e. The van der Waals surface area contributed by atoms with Gasteiger partial charge in [-0.15, -0.1) is 22.9 Å². The van der Waals surface area contributed by atoms with Gasteiger partial charge in [0.2, 0.25) is 0 Å². The Bertz CT molecular complexity index is 465. The van der Waals surface area contributed by atoms with Crippen LogP contribution in [0.15, 0.2) is 35.7 Å². The first kappa shape index (κ1) is 11.6. The van der Waals surface area contributed by atoms with Crippen molar-refractivity contribution < 1.29 is 4.39 Å². The number of hydrogen-bond acceptors (Lipinski definition) is 1. The van der Waals surface area contributed by atoms with Crippen LogP contribution in [0.3, 0.4) is 0 Å². The van der Waals surface area contributed by atoms with Gasteiger partial charge in [-0.1, -0.05) is 23.8 Å². The molecular weight excluding hydrogens is 243 g/mol. The predicted molar refractivity (Wildman–Crippen MR) is 67.8 cm³/mol. The lowest BCUT2D eigenvalue weighted by atomic mass is 10.1. The molecule has 2 aromatic rings. The van der Waals surface area contributed by atoms with Gasteiger partial charge in [0, 0.05) is 16.9 Å². The summed E-state index contributed by atoms with van der Waals surface area (Å²) < 4.78 is 13.6. The summed E-state index contributed by atoms with van der Waals surface area (Å²) in [6.45, 7) is 1.94. The summed E-state index contributed by atoms with van der Waals surface area (Å²) in [4.78, 5) is 1.18. The SMILES string of the molecule is Cc1ccc(F)c(C(Cl)Cc2cccs2)c1. The molecule has 1 aromatic carbocycles. The number of aryl methyl sites for hydroxylation is 1. The maximum absolute atomic E-state index is 13.6. The standard InChI is InChI=1S/C13H12ClFS/c1-9-4-5-13(15)11(7-9)12(14)8-10-3-2-6-16-10/h2-7,12H,8H2,1H3. The second-order valence-electron chi connectivity index (χ2n) is 3.78. The highest BCUT2D eigenvalue weighted by atomic mass is 35.5. The van der Waals surface area contributed by atoms with Crippen molar-refractivity contribution in [3.63, 3.8) is 0 Å². The van der Waals surface area contributed by atoms with Gasteiger partial charge < -0.3 is 0 Å². The molecule has 0 radical (unpaired) electrons. The van der Waals surface area contributed by atoms with E-state index in [0.29, 0.717) is 12.0 Å². The summed E-state index contributed by atoms with van der Waals surface area (Å²) in [6, 6.07) is 9.06. The number of alkyl halides is 1. The molecule has 0 saturated heterocycles. The summed E-state index contributed by atoms with van der Waals surface area (Å²) in [6.07, 6.45) is 0.680. The zero-order valence-electron chi connectivity index (χ0n) is 8.91. The van der Waals surface area contributed by atoms with Crippen LogP contribution in [0.2, 0.25) is 0 Å². The molecule has 1 aromatic heterocycles. The second kappa shape index (κ2) is 4.98. The maximum Gasteiger partial charge on any atom is 0.127 e. The quantitative estimate of drug-likeness (QED) is 0.696. The lowest BCUT2D eigenvalue weighted by molar-refractivity contribution is 0.605. The van der Waals surface area contributed by atoms with Crippen LogP contribution in [0.4, 0.5) is 4.39 Å². The van der Waals surface area contributed by atoms with Crippen molar-refractivity contribution in [1.29, 1.82) is 0 Å². The molecule has 0 fully saturated rings. The van der Waals surface area contributed by atoms with E-state index in [4.69, 9.17) is 11.6 Å². The molecule has 1 unspecified atom stereocenters. The zero-order chi connectivity index (χ0) is 11.5. The molecule has 3 heteroatoms. The van der Waals surface area contributed by atoms with E-state index >= 15 is 0 Å². The minimum atomic E-state index is -0.293. The van der Waals surface area contributed by atoms with E-state index in [0.717, 1.165) is 5.56 Å². The first-order chi connectivity index (χ1) is 7.66. The number of rotatable bonds is 3. The summed E-state index contributed by atoms with van der Waals surface area (Å²) in [5.41, 5.74) is 1.63. The fourth-order valence-electron chi connectivity index (χ4n) is 1.62. The molecule has 1 heterocycles. The van der Waals surface area contributed by atoms with Gasteiger partial charge in [0.05, 0.1) is 5.38 Å². The lowest BCUT2D eigenvalue weighted by Gasteiger charge is -2.10. The molecule has 0 bridgehead atoms. The Labute approximate surface area is 104 Å². The van der Waals surface area contributed by atoms with Crippen LogP contribution in [0.25, 0.3) is 0 Å². The first-order valence-corrected chi connectivity index (χ1v) is 6.41. The Morgan fingerprint density at radius 2 is 2.19 bits per heavy atom. The Balaban J connectivity index is 2.20. The van der Waals surface area contributed by atoms with E-state index in [1.165, 1.54) is 10.9 Å². The summed E-state index contributed by atoms with van der Waals surface area (Å²) >= 11 is 7.89. The Morgan fingerprint density at radius 3 is 2.88 bits per heavy atom. The van der Waals surface area contributed by atoms with Crippen LogP contribution < -0.4 is 0 Å². The van der Waals surface area contributed by atoms with Crippen molar-refractivity contribution in [3.05, 3.63) is 57.5 Å². The molecule has 0 saturated carbocycles. The molecule has 0 nitrogen and oxygen atoms in total. The number of halogens is 2. The largest absolute Gasteiger partial charge is 0.207 e. The van der Waals surface area contributed by atoms with Crippen LogP contribution in [0.1, 0.15) is 21.4 Å². The summed E-state index contributed by atoms with van der Waals surface area (Å²) in [5.74, 6) is -0.220. The number of hydrogen-bond donors (Lipinski definition) is 0. The second-order valence-corrected chi connectivity index (χ2v) is 5.34. The molecule has 0 N–H and O–H groups in total. The van der Waals surface area contributed by atoms with Gasteiger partial charge in [-0.25, -0.2) is 4.39 Å². The van der Waals surface area contributed by atoms with E-state index in [1.807, 2.05) is 30.5 Å². The molecule has 0 aliphatic carbocycles. The third-order valence-corrected chi connectivity index (χ3v) is 3.74. The normalized spacial score (nSPS) is 12.7. The third kappa shape index (κ3) is 2.63. The third-order valence-electron chi connectivity index (χ3n) is 2.45. The van der Waals surface area contributed by atoms with Crippen LogP contribution >= 0.6 is 22.9 Å². The van der Waals surface area contributed by atoms with Crippen molar-refractivity contribution >= 4 is 22.9 Å². The fraction of sp³-hybridized carbons (Fsp3) is 0.231. The predicted octanol–water partition coefficient (Wildman–Crippen LogP) is 4.72. The van der Waals surface area contributed by atoms with Gasteiger partial charge in [-0.2, -0.15) is 0 Å². The Morgan fingerprint density at radius 1 is 1.38 bits per heavy atom. The molecule has 16 heavy (non-hydrogen) atoms. The number of thiophene rings is 1. The minimum absolute atomic E-state index is 0.220. The molecule has 0 aliphatic heterocycles. The molecule has 0 amide bonds. The van der Waals surface area contributed by atoms with Gasteiger partial charge >= 0.3 is 0 Å². The Hall–Kier alpha value is -0.860. The van der Waals surface area contributed by atoms with E-state index in [-0.39, 0.29) is 11.2 Å². The lowest BCUT2D eigenvalue weighted by Crippen LogP contribution is -1.98. The summed E-state index contributed by atoms with van der Waals surface area (Å²) in [5, 5.41) is 1.71. The van der Waals surface area contributed by atoms with Crippen molar-refractivity contribution in [2.24, 2.45) is 0 Å². The van der Waals surface area contributed by atoms with E-state index in [2.05, 4.69) is 0 Å². The maximum atomic E-state index is 13.6. The van der Waals surface area contributed by atoms with Crippen LogP contribution in [-0.4, -0.2) is 0 Å². The number of benzene rings is 1. The first-order valence-electron chi connectivity index (χ1n) is 5.09. The molecule has 1 atom stereocenters. The fourth-order valence-corrected chi connectivity index (χ4v) is 2.80. The van der Waals surface area contributed by atoms with E-state index < -0.39 is 0 Å². The van der Waals surface area contributed by atoms with Crippen molar-refractivity contribution in [2.45, 2.75) is 18.7 Å². The van der Waals surface area contributed by atoms with Crippen LogP contribution in [-0.2, 0) is 6.42 Å². The topological polar surface area (TPSA) is 0 Å². The Kier molecular flexibility index (Phi) is 3.62. The average molecular weight is 255 g/mol. The van der Waals surface area contributed by atoms with Gasteiger partial charge in [-0.3, -0.25) is 0 Å². The van der Waals surface area contributed by atoms with Crippen LogP contribution in [0.5, 0.6) is 0 Å². The molecule has 0 aliphatic rings. The minimum Gasteiger partial charge on any atom is -0.207 e. The van der Waals surface area contributed by atoms with E-state index in [1.54, 1.807) is 17.4 Å². The molecular formula is C13H12ClFS. The van der Waals surface area contributed by atoms with Crippen molar-refractivity contribution in [3.8, 4) is 0 Å².